The first-order chi connectivity index (χ1) is 9.74. The number of amides is 1. The molecule has 0 atom stereocenters. The lowest BCUT2D eigenvalue weighted by Gasteiger charge is -2.23. The third kappa shape index (κ3) is 2.80. The van der Waals surface area contributed by atoms with Crippen molar-refractivity contribution in [1.29, 1.82) is 0 Å². The van der Waals surface area contributed by atoms with Crippen molar-refractivity contribution >= 4 is 17.3 Å². The number of rotatable bonds is 3. The first-order valence-corrected chi connectivity index (χ1v) is 7.59. The van der Waals surface area contributed by atoms with Crippen LogP contribution in [0.5, 0.6) is 0 Å². The molecule has 2 N–H and O–H groups in total. The first kappa shape index (κ1) is 13.4. The van der Waals surface area contributed by atoms with Crippen LogP contribution in [0.15, 0.2) is 18.2 Å². The summed E-state index contributed by atoms with van der Waals surface area (Å²) in [5.74, 6) is 0.914. The van der Waals surface area contributed by atoms with E-state index in [1.807, 2.05) is 4.90 Å². The monoisotopic (exact) mass is 273 g/mol. The zero-order valence-corrected chi connectivity index (χ0v) is 12.1. The second kappa shape index (κ2) is 5.83. The average Bonchev–Trinajstić information content (AvgIpc) is 2.89. The van der Waals surface area contributed by atoms with Gasteiger partial charge in [0.1, 0.15) is 0 Å². The summed E-state index contributed by atoms with van der Waals surface area (Å²) in [5.41, 5.74) is 3.56. The second-order valence-corrected chi connectivity index (χ2v) is 5.84. The van der Waals surface area contributed by atoms with E-state index >= 15 is 0 Å². The molecule has 0 saturated carbocycles. The summed E-state index contributed by atoms with van der Waals surface area (Å²) in [7, 11) is 0. The van der Waals surface area contributed by atoms with E-state index in [4.69, 9.17) is 0 Å². The van der Waals surface area contributed by atoms with E-state index < -0.39 is 0 Å². The molecule has 0 bridgehead atoms. The lowest BCUT2D eigenvalue weighted by atomic mass is 9.98. The Kier molecular flexibility index (Phi) is 3.92. The molecular formula is C16H23N3O. The summed E-state index contributed by atoms with van der Waals surface area (Å²) >= 11 is 0. The van der Waals surface area contributed by atoms with Gasteiger partial charge in [-0.3, -0.25) is 4.79 Å². The van der Waals surface area contributed by atoms with Crippen molar-refractivity contribution in [1.82, 2.24) is 5.32 Å². The van der Waals surface area contributed by atoms with E-state index in [2.05, 4.69) is 28.8 Å². The van der Waals surface area contributed by atoms with E-state index in [9.17, 15) is 4.79 Å². The predicted molar refractivity (Wildman–Crippen MR) is 82.3 cm³/mol. The van der Waals surface area contributed by atoms with E-state index in [1.54, 1.807) is 6.92 Å². The van der Waals surface area contributed by atoms with Crippen LogP contribution in [-0.4, -0.2) is 32.1 Å². The summed E-state index contributed by atoms with van der Waals surface area (Å²) in [5, 5.41) is 6.95. The Bertz CT molecular complexity index is 494. The minimum Gasteiger partial charge on any atom is -0.385 e. The number of hydrogen-bond acceptors (Lipinski definition) is 3. The Morgan fingerprint density at radius 2 is 2.20 bits per heavy atom. The van der Waals surface area contributed by atoms with Gasteiger partial charge in [-0.15, -0.1) is 0 Å². The molecule has 4 heteroatoms. The van der Waals surface area contributed by atoms with Crippen molar-refractivity contribution in [3.05, 3.63) is 23.8 Å². The van der Waals surface area contributed by atoms with Gasteiger partial charge in [0, 0.05) is 31.4 Å². The molecule has 0 aliphatic carbocycles. The number of anilines is 2. The maximum absolute atomic E-state index is 11.5. The molecule has 0 unspecified atom stereocenters. The Balaban J connectivity index is 1.63. The van der Waals surface area contributed by atoms with E-state index in [-0.39, 0.29) is 5.91 Å². The highest BCUT2D eigenvalue weighted by molar-refractivity contribution is 5.94. The van der Waals surface area contributed by atoms with Crippen LogP contribution in [0.4, 0.5) is 11.4 Å². The predicted octanol–water partition coefficient (Wildman–Crippen LogP) is 2.01. The highest BCUT2D eigenvalue weighted by Crippen LogP contribution is 2.30. The average molecular weight is 273 g/mol. The van der Waals surface area contributed by atoms with Gasteiger partial charge in [0.15, 0.2) is 0 Å². The van der Waals surface area contributed by atoms with Crippen molar-refractivity contribution in [3.63, 3.8) is 0 Å². The fourth-order valence-electron chi connectivity index (χ4n) is 3.19. The third-order valence-corrected chi connectivity index (χ3v) is 4.41. The molecule has 2 heterocycles. The first-order valence-electron chi connectivity index (χ1n) is 7.59. The van der Waals surface area contributed by atoms with Crippen LogP contribution in [-0.2, 0) is 11.2 Å². The Labute approximate surface area is 120 Å². The van der Waals surface area contributed by atoms with E-state index in [0.717, 1.165) is 44.2 Å². The SMILES string of the molecule is CC(=O)N1CCc2cc(NCC3CCNCC3)ccc21. The number of carbonyl (C=O) groups excluding carboxylic acids is 1. The number of hydrogen-bond donors (Lipinski definition) is 2. The molecule has 2 aliphatic heterocycles. The number of benzene rings is 1. The summed E-state index contributed by atoms with van der Waals surface area (Å²) in [6.07, 6.45) is 3.49. The minimum absolute atomic E-state index is 0.138. The van der Waals surface area contributed by atoms with E-state index in [1.165, 1.54) is 24.1 Å². The molecule has 0 spiro atoms. The maximum atomic E-state index is 11.5. The van der Waals surface area contributed by atoms with Gasteiger partial charge in [0.2, 0.25) is 5.91 Å². The van der Waals surface area contributed by atoms with Gasteiger partial charge in [-0.1, -0.05) is 0 Å². The zero-order chi connectivity index (χ0) is 13.9. The van der Waals surface area contributed by atoms with Crippen LogP contribution in [0.3, 0.4) is 0 Å². The molecule has 2 aliphatic rings. The lowest BCUT2D eigenvalue weighted by Crippen LogP contribution is -2.31. The molecule has 0 radical (unpaired) electrons. The van der Waals surface area contributed by atoms with Crippen molar-refractivity contribution in [2.45, 2.75) is 26.2 Å². The number of nitrogens with zero attached hydrogens (tertiary/aromatic N) is 1. The summed E-state index contributed by atoms with van der Waals surface area (Å²) < 4.78 is 0. The Hall–Kier alpha value is -1.55. The van der Waals surface area contributed by atoms with Gasteiger partial charge in [0.05, 0.1) is 0 Å². The van der Waals surface area contributed by atoms with Crippen LogP contribution in [0.25, 0.3) is 0 Å². The molecule has 1 saturated heterocycles. The van der Waals surface area contributed by atoms with Crippen LogP contribution < -0.4 is 15.5 Å². The summed E-state index contributed by atoms with van der Waals surface area (Å²) in [4.78, 5) is 13.4. The van der Waals surface area contributed by atoms with Gasteiger partial charge in [0.25, 0.3) is 0 Å². The third-order valence-electron chi connectivity index (χ3n) is 4.41. The largest absolute Gasteiger partial charge is 0.385 e. The van der Waals surface area contributed by atoms with Crippen LogP contribution in [0.2, 0.25) is 0 Å². The molecule has 4 nitrogen and oxygen atoms in total. The molecule has 3 rings (SSSR count). The molecular weight excluding hydrogens is 250 g/mol. The normalized spacial score (nSPS) is 18.9. The van der Waals surface area contributed by atoms with Gasteiger partial charge < -0.3 is 15.5 Å². The summed E-state index contributed by atoms with van der Waals surface area (Å²) in [6.45, 7) is 5.80. The standard InChI is InChI=1S/C16H23N3O/c1-12(20)19-9-6-14-10-15(2-3-16(14)19)18-11-13-4-7-17-8-5-13/h2-3,10,13,17-18H,4-9,11H2,1H3. The van der Waals surface area contributed by atoms with Crippen LogP contribution in [0, 0.1) is 5.92 Å². The molecule has 108 valence electrons. The van der Waals surface area contributed by atoms with Crippen LogP contribution >= 0.6 is 0 Å². The highest BCUT2D eigenvalue weighted by Gasteiger charge is 2.22. The van der Waals surface area contributed by atoms with Crippen LogP contribution in [0.1, 0.15) is 25.3 Å². The van der Waals surface area contributed by atoms with Crippen molar-refractivity contribution < 1.29 is 4.79 Å². The molecule has 1 amide bonds. The molecule has 20 heavy (non-hydrogen) atoms. The summed E-state index contributed by atoms with van der Waals surface area (Å²) in [6, 6.07) is 6.38. The maximum Gasteiger partial charge on any atom is 0.223 e. The number of piperidine rings is 1. The highest BCUT2D eigenvalue weighted by atomic mass is 16.2. The number of carbonyl (C=O) groups is 1. The molecule has 1 aromatic carbocycles. The second-order valence-electron chi connectivity index (χ2n) is 5.84. The van der Waals surface area contributed by atoms with E-state index in [0.29, 0.717) is 0 Å². The van der Waals surface area contributed by atoms with Crippen molar-refractivity contribution in [3.8, 4) is 0 Å². The number of nitrogens with one attached hydrogen (secondary N) is 2. The minimum atomic E-state index is 0.138. The Morgan fingerprint density at radius 1 is 1.40 bits per heavy atom. The fraction of sp³-hybridized carbons (Fsp3) is 0.562. The van der Waals surface area contributed by atoms with Crippen molar-refractivity contribution in [2.75, 3.05) is 36.4 Å². The smallest absolute Gasteiger partial charge is 0.223 e. The molecule has 1 fully saturated rings. The number of fused-ring (bicyclic) bond motifs is 1. The quantitative estimate of drug-likeness (QED) is 0.885. The van der Waals surface area contributed by atoms with Gasteiger partial charge in [-0.2, -0.15) is 0 Å². The zero-order valence-electron chi connectivity index (χ0n) is 12.1. The van der Waals surface area contributed by atoms with Gasteiger partial charge in [-0.25, -0.2) is 0 Å². The topological polar surface area (TPSA) is 44.4 Å². The van der Waals surface area contributed by atoms with Crippen molar-refractivity contribution in [2.24, 2.45) is 5.92 Å². The Morgan fingerprint density at radius 3 is 2.95 bits per heavy atom. The molecule has 1 aromatic rings. The van der Waals surface area contributed by atoms with Gasteiger partial charge in [-0.05, 0) is 62.0 Å². The molecule has 0 aromatic heterocycles. The van der Waals surface area contributed by atoms with Gasteiger partial charge >= 0.3 is 0 Å². The lowest BCUT2D eigenvalue weighted by molar-refractivity contribution is -0.116. The fourth-order valence-corrected chi connectivity index (χ4v) is 3.19.